The van der Waals surface area contributed by atoms with Crippen LogP contribution in [0.2, 0.25) is 0 Å². The van der Waals surface area contributed by atoms with Crippen LogP contribution in [0.3, 0.4) is 0 Å². The van der Waals surface area contributed by atoms with Crippen molar-refractivity contribution in [2.24, 2.45) is 0 Å². The molecule has 3 heterocycles. The first-order chi connectivity index (χ1) is 22.6. The molecule has 2 aliphatic rings. The second-order valence-corrected chi connectivity index (χ2v) is 12.6. The summed E-state index contributed by atoms with van der Waals surface area (Å²) < 4.78 is 53.0. The highest BCUT2D eigenvalue weighted by Gasteiger charge is 2.55. The fourth-order valence-corrected chi connectivity index (χ4v) is 7.25. The molecule has 2 fully saturated rings. The molecule has 0 aliphatic carbocycles. The van der Waals surface area contributed by atoms with E-state index >= 15 is 0 Å². The highest BCUT2D eigenvalue weighted by molar-refractivity contribution is 7.10. The molecule has 13 heteroatoms. The van der Waals surface area contributed by atoms with Gasteiger partial charge in [0.25, 0.3) is 11.8 Å². The van der Waals surface area contributed by atoms with Gasteiger partial charge in [0.05, 0.1) is 24.9 Å². The third kappa shape index (κ3) is 7.37. The van der Waals surface area contributed by atoms with Crippen LogP contribution in [0.25, 0.3) is 0 Å². The average Bonchev–Trinajstić information content (AvgIpc) is 3.57. The van der Waals surface area contributed by atoms with Crippen LogP contribution >= 0.6 is 11.3 Å². The second kappa shape index (κ2) is 15.0. The van der Waals surface area contributed by atoms with E-state index in [1.807, 2.05) is 31.2 Å². The number of rotatable bonds is 11. The summed E-state index contributed by atoms with van der Waals surface area (Å²) in [5.41, 5.74) is -0.0438. The van der Waals surface area contributed by atoms with Crippen LogP contribution < -0.4 is 14.4 Å². The number of amides is 2. The molecular weight excluding hydrogens is 635 g/mol. The second-order valence-electron chi connectivity index (χ2n) is 11.7. The van der Waals surface area contributed by atoms with E-state index in [0.29, 0.717) is 80.2 Å². The highest BCUT2D eigenvalue weighted by Crippen LogP contribution is 2.42. The Bertz CT molecular complexity index is 1530. The number of benzene rings is 2. The number of nitrogens with zero attached hydrogens (tertiary/aromatic N) is 3. The number of likely N-dealkylation sites (tertiary alicyclic amines) is 1. The molecule has 47 heavy (non-hydrogen) atoms. The molecule has 1 aromatic heterocycles. The average molecular weight is 676 g/mol. The lowest BCUT2D eigenvalue weighted by molar-refractivity contribution is -0.159. The van der Waals surface area contributed by atoms with Crippen LogP contribution in [0.4, 0.5) is 18.9 Å². The maximum absolute atomic E-state index is 14.8. The number of alkyl halides is 3. The maximum atomic E-state index is 14.8. The summed E-state index contributed by atoms with van der Waals surface area (Å²) in [5, 5.41) is 20.5. The maximum Gasteiger partial charge on any atom is 0.425 e. The predicted octanol–water partition coefficient (Wildman–Crippen LogP) is 5.20. The van der Waals surface area contributed by atoms with Crippen LogP contribution in [0, 0.1) is 0 Å². The molecule has 2 aliphatic heterocycles. The number of halogens is 3. The molecule has 2 N–H and O–H groups in total. The summed E-state index contributed by atoms with van der Waals surface area (Å²) >= 11 is 0.502. The van der Waals surface area contributed by atoms with Gasteiger partial charge in [0.15, 0.2) is 0 Å². The first-order valence-corrected chi connectivity index (χ1v) is 16.7. The molecule has 254 valence electrons. The highest BCUT2D eigenvalue weighted by atomic mass is 32.1. The number of aliphatic hydroxyl groups excluding tert-OH is 2. The van der Waals surface area contributed by atoms with Gasteiger partial charge in [-0.15, -0.1) is 11.3 Å². The van der Waals surface area contributed by atoms with E-state index < -0.39 is 22.7 Å². The Kier molecular flexibility index (Phi) is 11.0. The number of piperazine rings is 1. The number of hydrogen-bond donors (Lipinski definition) is 2. The van der Waals surface area contributed by atoms with Crippen LogP contribution in [0.5, 0.6) is 11.5 Å². The molecule has 2 aromatic carbocycles. The molecule has 0 spiro atoms. The van der Waals surface area contributed by atoms with Gasteiger partial charge < -0.3 is 34.4 Å². The van der Waals surface area contributed by atoms with Crippen molar-refractivity contribution in [2.75, 3.05) is 50.8 Å². The molecule has 2 atom stereocenters. The van der Waals surface area contributed by atoms with Gasteiger partial charge in [0, 0.05) is 56.2 Å². The van der Waals surface area contributed by atoms with E-state index in [-0.39, 0.29) is 43.8 Å². The molecule has 0 unspecified atom stereocenters. The lowest BCUT2D eigenvalue weighted by Gasteiger charge is -2.51. The zero-order chi connectivity index (χ0) is 33.6. The number of ether oxygens (including phenoxy) is 2. The topological polar surface area (TPSA) is 103 Å². The summed E-state index contributed by atoms with van der Waals surface area (Å²) in [6.45, 7) is 3.48. The number of carbonyl (C=O) groups excluding carboxylic acids is 2. The lowest BCUT2D eigenvalue weighted by atomic mass is 9.79. The number of piperidine rings is 1. The standard InChI is InChI=1S/C34H40F3N3O6S/c1-2-8-29-33(46-25-21-30(47-23-25)34(35,36)37,13-7-14-40(29)31(43)26-10-4-3-9-24(26)22-42)32(44)39-17-15-38(16-18-39)27-11-5-6-12-28(27)45-20-19-41/h3-6,9-12,21,23,29,41-42H,2,7-8,13-20,22H2,1H3/t29-,33+/m1/s1. The quantitative estimate of drug-likeness (QED) is 0.288. The van der Waals surface area contributed by atoms with E-state index in [0.717, 1.165) is 11.8 Å². The molecule has 0 bridgehead atoms. The van der Waals surface area contributed by atoms with Gasteiger partial charge in [-0.1, -0.05) is 43.7 Å². The van der Waals surface area contributed by atoms with Crippen molar-refractivity contribution in [1.29, 1.82) is 0 Å². The SMILES string of the molecule is CCC[C@H]1N(C(=O)c2ccccc2CO)CCC[C@@]1(Oc1csc(C(F)(F)F)c1)C(=O)N1CCN(c2ccccc2OCCO)CC1. The van der Waals surface area contributed by atoms with Crippen molar-refractivity contribution in [1.82, 2.24) is 9.80 Å². The molecule has 5 rings (SSSR count). The summed E-state index contributed by atoms with van der Waals surface area (Å²) in [6.07, 6.45) is -2.99. The largest absolute Gasteiger partial charge is 0.489 e. The van der Waals surface area contributed by atoms with Crippen LogP contribution in [-0.4, -0.2) is 89.4 Å². The molecule has 0 radical (unpaired) electrons. The van der Waals surface area contributed by atoms with Crippen molar-refractivity contribution in [3.8, 4) is 11.5 Å². The van der Waals surface area contributed by atoms with Gasteiger partial charge in [-0.05, 0) is 36.6 Å². The minimum atomic E-state index is -4.57. The van der Waals surface area contributed by atoms with Crippen LogP contribution in [-0.2, 0) is 17.6 Å². The Labute approximate surface area is 276 Å². The zero-order valence-electron chi connectivity index (χ0n) is 26.2. The molecule has 2 saturated heterocycles. The zero-order valence-corrected chi connectivity index (χ0v) is 27.1. The minimum absolute atomic E-state index is 0.0598. The van der Waals surface area contributed by atoms with Gasteiger partial charge in [-0.3, -0.25) is 9.59 Å². The smallest absolute Gasteiger partial charge is 0.425 e. The van der Waals surface area contributed by atoms with E-state index in [4.69, 9.17) is 9.47 Å². The molecule has 0 saturated carbocycles. The van der Waals surface area contributed by atoms with Crippen LogP contribution in [0.15, 0.2) is 60.0 Å². The van der Waals surface area contributed by atoms with Crippen LogP contribution in [0.1, 0.15) is 53.4 Å². The van der Waals surface area contributed by atoms with Crippen molar-refractivity contribution < 1.29 is 42.4 Å². The fourth-order valence-electron chi connectivity index (χ4n) is 6.57. The number of carbonyl (C=O) groups is 2. The summed E-state index contributed by atoms with van der Waals surface area (Å²) in [6, 6.07) is 14.3. The third-order valence-corrected chi connectivity index (χ3v) is 9.69. The first-order valence-electron chi connectivity index (χ1n) is 15.8. The fraction of sp³-hybridized carbons (Fsp3) is 0.471. The summed E-state index contributed by atoms with van der Waals surface area (Å²) in [4.78, 5) is 33.4. The predicted molar refractivity (Wildman–Crippen MR) is 172 cm³/mol. The number of anilines is 1. The van der Waals surface area contributed by atoms with Gasteiger partial charge in [0.1, 0.15) is 23.0 Å². The number of hydrogen-bond acceptors (Lipinski definition) is 8. The monoisotopic (exact) mass is 675 g/mol. The number of para-hydroxylation sites is 2. The Balaban J connectivity index is 1.48. The Hall–Kier alpha value is -3.81. The molecule has 9 nitrogen and oxygen atoms in total. The summed E-state index contributed by atoms with van der Waals surface area (Å²) in [7, 11) is 0. The number of thiophene rings is 1. The van der Waals surface area contributed by atoms with Gasteiger partial charge in [-0.25, -0.2) is 0 Å². The van der Waals surface area contributed by atoms with Gasteiger partial charge in [-0.2, -0.15) is 13.2 Å². The number of aliphatic hydroxyl groups is 2. The van der Waals surface area contributed by atoms with Crippen molar-refractivity contribution in [3.63, 3.8) is 0 Å². The normalized spacial score (nSPS) is 20.3. The Morgan fingerprint density at radius 3 is 2.43 bits per heavy atom. The van der Waals surface area contributed by atoms with E-state index in [9.17, 15) is 33.0 Å². The van der Waals surface area contributed by atoms with Gasteiger partial charge >= 0.3 is 6.18 Å². The minimum Gasteiger partial charge on any atom is -0.489 e. The molecule has 3 aromatic rings. The lowest BCUT2D eigenvalue weighted by Crippen LogP contribution is -2.69. The molecular formula is C34H40F3N3O6S. The van der Waals surface area contributed by atoms with Crippen molar-refractivity contribution >= 4 is 28.8 Å². The molecule has 2 amide bonds. The Morgan fingerprint density at radius 2 is 1.74 bits per heavy atom. The van der Waals surface area contributed by atoms with E-state index in [2.05, 4.69) is 4.90 Å². The van der Waals surface area contributed by atoms with E-state index in [1.165, 1.54) is 5.38 Å². The third-order valence-electron chi connectivity index (χ3n) is 8.74. The van der Waals surface area contributed by atoms with Crippen molar-refractivity contribution in [2.45, 2.75) is 57.0 Å². The van der Waals surface area contributed by atoms with Gasteiger partial charge in [0.2, 0.25) is 5.60 Å². The van der Waals surface area contributed by atoms with E-state index in [1.54, 1.807) is 34.1 Å². The first kappa shape index (κ1) is 34.5. The summed E-state index contributed by atoms with van der Waals surface area (Å²) in [5.74, 6) is -0.172. The Morgan fingerprint density at radius 1 is 1.02 bits per heavy atom. The van der Waals surface area contributed by atoms with Crippen molar-refractivity contribution in [3.05, 3.63) is 76.0 Å².